The highest BCUT2D eigenvalue weighted by molar-refractivity contribution is 9.10. The zero-order valence-electron chi connectivity index (χ0n) is 13.6. The average Bonchev–Trinajstić information content (AvgIpc) is 3.05. The molecule has 4 aromatic rings. The molecule has 0 saturated carbocycles. The number of aromatic nitrogens is 4. The maximum atomic E-state index is 13.0. The first-order valence-electron chi connectivity index (χ1n) is 7.80. The highest BCUT2D eigenvalue weighted by Crippen LogP contribution is 2.34. The van der Waals surface area contributed by atoms with Gasteiger partial charge in [-0.25, -0.2) is 4.98 Å². The molecule has 0 radical (unpaired) electrons. The van der Waals surface area contributed by atoms with E-state index in [1.165, 1.54) is 4.63 Å². The summed E-state index contributed by atoms with van der Waals surface area (Å²) in [6.07, 6.45) is 0.469. The van der Waals surface area contributed by atoms with Crippen LogP contribution in [0.15, 0.2) is 65.5 Å². The van der Waals surface area contributed by atoms with E-state index in [2.05, 4.69) is 36.4 Å². The lowest BCUT2D eigenvalue weighted by Crippen LogP contribution is -2.05. The van der Waals surface area contributed by atoms with Crippen molar-refractivity contribution in [3.63, 3.8) is 0 Å². The molecule has 0 unspecified atom stereocenters. The van der Waals surface area contributed by atoms with Crippen LogP contribution >= 0.6 is 15.9 Å². The van der Waals surface area contributed by atoms with E-state index < -0.39 is 11.7 Å². The van der Waals surface area contributed by atoms with Crippen molar-refractivity contribution in [2.75, 3.05) is 5.32 Å². The minimum Gasteiger partial charge on any atom is -0.340 e. The van der Waals surface area contributed by atoms with Crippen LogP contribution in [0.25, 0.3) is 16.6 Å². The number of alkyl halides is 3. The molecule has 1 aromatic carbocycles. The van der Waals surface area contributed by atoms with Gasteiger partial charge in [0.1, 0.15) is 5.82 Å². The van der Waals surface area contributed by atoms with Crippen LogP contribution < -0.4 is 5.32 Å². The third kappa shape index (κ3) is 3.63. The summed E-state index contributed by atoms with van der Waals surface area (Å²) in [4.78, 5) is 4.20. The van der Waals surface area contributed by atoms with Crippen LogP contribution in [-0.2, 0) is 6.18 Å². The van der Waals surface area contributed by atoms with E-state index in [0.29, 0.717) is 10.3 Å². The summed E-state index contributed by atoms with van der Waals surface area (Å²) in [6, 6.07) is 10.9. The monoisotopic (exact) mass is 433 g/mol. The summed E-state index contributed by atoms with van der Waals surface area (Å²) in [5.41, 5.74) is 2.02. The molecular formula is C18H11BrF3N5. The number of anilines is 2. The second-order valence-corrected chi connectivity index (χ2v) is 6.65. The molecule has 1 N–H and O–H groups in total. The van der Waals surface area contributed by atoms with Gasteiger partial charge < -0.3 is 5.32 Å². The molecule has 0 aliphatic carbocycles. The maximum absolute atomic E-state index is 13.0. The van der Waals surface area contributed by atoms with E-state index in [0.717, 1.165) is 28.8 Å². The fraction of sp³-hybridized carbons (Fsp3) is 0.0556. The van der Waals surface area contributed by atoms with Crippen LogP contribution in [0.1, 0.15) is 5.56 Å². The molecular weight excluding hydrogens is 423 g/mol. The topological polar surface area (TPSA) is 55.1 Å². The van der Waals surface area contributed by atoms with Crippen molar-refractivity contribution < 1.29 is 13.2 Å². The lowest BCUT2D eigenvalue weighted by atomic mass is 10.1. The third-order valence-electron chi connectivity index (χ3n) is 3.87. The smallest absolute Gasteiger partial charge is 0.340 e. The van der Waals surface area contributed by atoms with Crippen LogP contribution in [0.4, 0.5) is 24.7 Å². The zero-order chi connectivity index (χ0) is 19.0. The molecule has 9 heteroatoms. The van der Waals surface area contributed by atoms with Gasteiger partial charge in [0.25, 0.3) is 0 Å². The maximum Gasteiger partial charge on any atom is 0.416 e. The zero-order valence-corrected chi connectivity index (χ0v) is 15.2. The van der Waals surface area contributed by atoms with Crippen molar-refractivity contribution >= 4 is 33.0 Å². The molecule has 0 saturated heterocycles. The molecule has 3 heterocycles. The Bertz CT molecular complexity index is 1120. The Morgan fingerprint density at radius 2 is 1.85 bits per heavy atom. The lowest BCUT2D eigenvalue weighted by Gasteiger charge is -2.12. The second kappa shape index (κ2) is 6.66. The van der Waals surface area contributed by atoms with Crippen LogP contribution in [-0.4, -0.2) is 19.8 Å². The summed E-state index contributed by atoms with van der Waals surface area (Å²) >= 11 is 3.11. The number of nitrogens with one attached hydrogen (secondary N) is 1. The lowest BCUT2D eigenvalue weighted by molar-refractivity contribution is -0.137. The summed E-state index contributed by atoms with van der Waals surface area (Å²) in [6.45, 7) is 0. The third-order valence-corrected chi connectivity index (χ3v) is 4.33. The Balaban J connectivity index is 1.69. The van der Waals surface area contributed by atoms with Gasteiger partial charge >= 0.3 is 6.18 Å². The van der Waals surface area contributed by atoms with Gasteiger partial charge in [0, 0.05) is 28.1 Å². The number of hydrogen-bond acceptors (Lipinski definition) is 4. The summed E-state index contributed by atoms with van der Waals surface area (Å²) in [7, 11) is 0. The summed E-state index contributed by atoms with van der Waals surface area (Å²) in [5.74, 6) is 0.418. The van der Waals surface area contributed by atoms with Crippen molar-refractivity contribution in [1.29, 1.82) is 0 Å². The molecule has 5 nitrogen and oxygen atoms in total. The van der Waals surface area contributed by atoms with Crippen molar-refractivity contribution in [1.82, 2.24) is 19.8 Å². The SMILES string of the molecule is FC(F)(F)c1cc(Br)cc(Nc2cc(-c3cnn4ncccc34)ccn2)c1. The number of nitrogens with zero attached hydrogens (tertiary/aromatic N) is 4. The quantitative estimate of drug-likeness (QED) is 0.475. The average molecular weight is 434 g/mol. The predicted octanol–water partition coefficient (Wildman–Crippen LogP) is 5.32. The molecule has 0 atom stereocenters. The number of halogens is 4. The van der Waals surface area contributed by atoms with E-state index >= 15 is 0 Å². The summed E-state index contributed by atoms with van der Waals surface area (Å²) < 4.78 is 40.8. The van der Waals surface area contributed by atoms with Gasteiger partial charge in [-0.1, -0.05) is 15.9 Å². The van der Waals surface area contributed by atoms with Gasteiger partial charge in [-0.05, 0) is 48.0 Å². The molecule has 3 aromatic heterocycles. The molecule has 0 fully saturated rings. The minimum absolute atomic E-state index is 0.280. The Labute approximate surface area is 160 Å². The molecule has 0 amide bonds. The van der Waals surface area contributed by atoms with E-state index in [1.807, 2.05) is 6.07 Å². The van der Waals surface area contributed by atoms with Crippen LogP contribution in [0, 0.1) is 0 Å². The molecule has 136 valence electrons. The first kappa shape index (κ1) is 17.5. The van der Waals surface area contributed by atoms with Gasteiger partial charge in [-0.15, -0.1) is 0 Å². The number of benzene rings is 1. The molecule has 0 aliphatic heterocycles. The number of hydrogen-bond donors (Lipinski definition) is 1. The number of rotatable bonds is 3. The van der Waals surface area contributed by atoms with E-state index in [1.54, 1.807) is 42.9 Å². The van der Waals surface area contributed by atoms with Gasteiger partial charge in [0.05, 0.1) is 17.3 Å². The van der Waals surface area contributed by atoms with Crippen molar-refractivity contribution in [2.24, 2.45) is 0 Å². The van der Waals surface area contributed by atoms with Crippen molar-refractivity contribution in [3.05, 3.63) is 71.1 Å². The Kier molecular flexibility index (Phi) is 4.31. The Hall–Kier alpha value is -2.94. The van der Waals surface area contributed by atoms with Crippen molar-refractivity contribution in [2.45, 2.75) is 6.18 Å². The first-order chi connectivity index (χ1) is 12.9. The highest BCUT2D eigenvalue weighted by Gasteiger charge is 2.31. The molecule has 0 aliphatic rings. The largest absolute Gasteiger partial charge is 0.416 e. The Morgan fingerprint density at radius 3 is 2.67 bits per heavy atom. The van der Waals surface area contributed by atoms with Crippen LogP contribution in [0.5, 0.6) is 0 Å². The van der Waals surface area contributed by atoms with E-state index in [-0.39, 0.29) is 5.69 Å². The molecule has 4 rings (SSSR count). The number of pyridine rings is 1. The molecule has 0 spiro atoms. The highest BCUT2D eigenvalue weighted by atomic mass is 79.9. The standard InChI is InChI=1S/C18H11BrF3N5/c19-13-7-12(18(20,21)22)8-14(9-13)26-17-6-11(3-5-23-17)15-10-25-27-16(15)2-1-4-24-27/h1-10H,(H,23,26). The van der Waals surface area contributed by atoms with Gasteiger partial charge in [-0.2, -0.15) is 28.0 Å². The predicted molar refractivity (Wildman–Crippen MR) is 98.6 cm³/mol. The summed E-state index contributed by atoms with van der Waals surface area (Å²) in [5, 5.41) is 11.2. The first-order valence-corrected chi connectivity index (χ1v) is 8.60. The minimum atomic E-state index is -4.43. The molecule has 27 heavy (non-hydrogen) atoms. The van der Waals surface area contributed by atoms with Gasteiger partial charge in [0.15, 0.2) is 0 Å². The van der Waals surface area contributed by atoms with Crippen molar-refractivity contribution in [3.8, 4) is 11.1 Å². The number of fused-ring (bicyclic) bond motifs is 1. The van der Waals surface area contributed by atoms with Gasteiger partial charge in [0.2, 0.25) is 0 Å². The van der Waals surface area contributed by atoms with Gasteiger partial charge in [-0.3, -0.25) is 0 Å². The fourth-order valence-electron chi connectivity index (χ4n) is 2.69. The van der Waals surface area contributed by atoms with Crippen LogP contribution in [0.3, 0.4) is 0 Å². The second-order valence-electron chi connectivity index (χ2n) is 5.74. The van der Waals surface area contributed by atoms with E-state index in [4.69, 9.17) is 0 Å². The fourth-order valence-corrected chi connectivity index (χ4v) is 3.19. The van der Waals surface area contributed by atoms with Crippen LogP contribution in [0.2, 0.25) is 0 Å². The molecule has 0 bridgehead atoms. The normalized spacial score (nSPS) is 11.7. The Morgan fingerprint density at radius 1 is 1.00 bits per heavy atom. The van der Waals surface area contributed by atoms with E-state index in [9.17, 15) is 13.2 Å².